The Morgan fingerprint density at radius 3 is 2.23 bits per heavy atom. The van der Waals surface area contributed by atoms with Gasteiger partial charge in [0.2, 0.25) is 5.91 Å². The molecule has 0 atom stereocenters. The summed E-state index contributed by atoms with van der Waals surface area (Å²) in [6.45, 7) is 8.92. The fourth-order valence-electron chi connectivity index (χ4n) is 2.58. The molecule has 1 amide bonds. The van der Waals surface area contributed by atoms with Crippen LogP contribution in [0.5, 0.6) is 0 Å². The molecule has 0 saturated heterocycles. The van der Waals surface area contributed by atoms with E-state index in [1.165, 1.54) is 45.1 Å². The Hall–Kier alpha value is -0.350. The molecule has 0 heterocycles. The molecule has 3 nitrogen and oxygen atoms in total. The molecule has 0 saturated carbocycles. The summed E-state index contributed by atoms with van der Waals surface area (Å²) in [6.07, 6.45) is 12.3. The van der Waals surface area contributed by atoms with Crippen LogP contribution in [0.15, 0.2) is 12.7 Å². The molecule has 0 radical (unpaired) electrons. The number of nitrogens with one attached hydrogen (secondary N) is 1. The highest BCUT2D eigenvalue weighted by atomic mass is 79.9. The van der Waals surface area contributed by atoms with Crippen molar-refractivity contribution in [3.63, 3.8) is 0 Å². The van der Waals surface area contributed by atoms with Gasteiger partial charge in [0.15, 0.2) is 0 Å². The van der Waals surface area contributed by atoms with Gasteiger partial charge in [0.1, 0.15) is 0 Å². The fraction of sp³-hybridized carbons (Fsp3) is 0.833. The monoisotopic (exact) mass is 376 g/mol. The Kier molecular flexibility index (Phi) is 16.9. The van der Waals surface area contributed by atoms with Crippen LogP contribution >= 0.6 is 0 Å². The molecular weight excluding hydrogens is 340 g/mol. The number of hydrogen-bond donors (Lipinski definition) is 1. The van der Waals surface area contributed by atoms with E-state index in [0.29, 0.717) is 6.42 Å². The Labute approximate surface area is 148 Å². The molecule has 0 aliphatic carbocycles. The lowest BCUT2D eigenvalue weighted by atomic mass is 10.1. The Morgan fingerprint density at radius 2 is 1.64 bits per heavy atom. The van der Waals surface area contributed by atoms with E-state index in [9.17, 15) is 4.79 Å². The van der Waals surface area contributed by atoms with Crippen molar-refractivity contribution in [1.29, 1.82) is 0 Å². The van der Waals surface area contributed by atoms with Crippen LogP contribution in [0.1, 0.15) is 64.7 Å². The Morgan fingerprint density at radius 1 is 1.05 bits per heavy atom. The zero-order valence-electron chi connectivity index (χ0n) is 15.0. The van der Waals surface area contributed by atoms with Crippen LogP contribution in [0.3, 0.4) is 0 Å². The number of halogens is 1. The van der Waals surface area contributed by atoms with Gasteiger partial charge in [0, 0.05) is 6.42 Å². The number of carbonyl (C=O) groups is 1. The molecule has 1 N–H and O–H groups in total. The van der Waals surface area contributed by atoms with Crippen LogP contribution in [0.4, 0.5) is 0 Å². The smallest absolute Gasteiger partial charge is 0.220 e. The summed E-state index contributed by atoms with van der Waals surface area (Å²) in [5.41, 5.74) is 0. The number of hydrogen-bond acceptors (Lipinski definition) is 1. The lowest BCUT2D eigenvalue weighted by molar-refractivity contribution is -0.889. The molecule has 22 heavy (non-hydrogen) atoms. The first-order valence-corrected chi connectivity index (χ1v) is 8.71. The van der Waals surface area contributed by atoms with E-state index in [4.69, 9.17) is 0 Å². The minimum Gasteiger partial charge on any atom is -1.00 e. The first-order chi connectivity index (χ1) is 10.0. The molecule has 0 rings (SSSR count). The second kappa shape index (κ2) is 15.5. The lowest BCUT2D eigenvalue weighted by Crippen LogP contribution is -3.00. The van der Waals surface area contributed by atoms with Gasteiger partial charge in [0.05, 0.1) is 33.7 Å². The van der Waals surface area contributed by atoms with Gasteiger partial charge in [-0.1, -0.05) is 38.7 Å². The van der Waals surface area contributed by atoms with Gasteiger partial charge < -0.3 is 26.8 Å². The number of unbranched alkanes of at least 4 members (excludes halogenated alkanes) is 6. The normalized spacial score (nSPS) is 10.9. The number of carbonyl (C=O) groups excluding carboxylic acids is 1. The third kappa shape index (κ3) is 16.0. The number of likely N-dealkylation sites (N-methyl/N-ethyl adjacent to an activating group) is 1. The highest BCUT2D eigenvalue weighted by molar-refractivity contribution is 5.75. The van der Waals surface area contributed by atoms with Crippen molar-refractivity contribution < 1.29 is 26.3 Å². The Bertz CT molecular complexity index is 280. The van der Waals surface area contributed by atoms with E-state index >= 15 is 0 Å². The van der Waals surface area contributed by atoms with Crippen molar-refractivity contribution in [2.24, 2.45) is 0 Å². The molecule has 0 fully saturated rings. The molecule has 0 bridgehead atoms. The maximum Gasteiger partial charge on any atom is 0.220 e. The minimum atomic E-state index is 0. The van der Waals surface area contributed by atoms with E-state index < -0.39 is 0 Å². The van der Waals surface area contributed by atoms with Gasteiger partial charge in [0.25, 0.3) is 0 Å². The van der Waals surface area contributed by atoms with Crippen molar-refractivity contribution in [1.82, 2.24) is 5.32 Å². The minimum absolute atomic E-state index is 0. The number of quaternary nitrogens is 1. The van der Waals surface area contributed by atoms with Crippen molar-refractivity contribution in [2.45, 2.75) is 64.7 Å². The number of amides is 1. The van der Waals surface area contributed by atoms with Crippen LogP contribution in [0.2, 0.25) is 0 Å². The van der Waals surface area contributed by atoms with Crippen LogP contribution in [-0.4, -0.2) is 44.1 Å². The van der Waals surface area contributed by atoms with E-state index in [2.05, 4.69) is 32.9 Å². The summed E-state index contributed by atoms with van der Waals surface area (Å²) >= 11 is 0. The van der Waals surface area contributed by atoms with Crippen LogP contribution in [-0.2, 0) is 4.79 Å². The summed E-state index contributed by atoms with van der Waals surface area (Å²) in [6, 6.07) is 0. The van der Waals surface area contributed by atoms with Crippen LogP contribution in [0, 0.1) is 0 Å². The molecule has 0 unspecified atom stereocenters. The molecule has 0 spiro atoms. The van der Waals surface area contributed by atoms with Crippen LogP contribution in [0.25, 0.3) is 0 Å². The second-order valence-corrected chi connectivity index (χ2v) is 6.68. The molecule has 0 aromatic carbocycles. The number of rotatable bonds is 14. The summed E-state index contributed by atoms with van der Waals surface area (Å²) in [5, 5.41) is 3.05. The molecule has 132 valence electrons. The molecule has 0 aromatic heterocycles. The summed E-state index contributed by atoms with van der Waals surface area (Å²) in [4.78, 5) is 11.7. The highest BCUT2D eigenvalue weighted by Crippen LogP contribution is 2.08. The van der Waals surface area contributed by atoms with Gasteiger partial charge in [-0.15, -0.1) is 6.58 Å². The summed E-state index contributed by atoms with van der Waals surface area (Å²) in [5.74, 6) is 0.221. The lowest BCUT2D eigenvalue weighted by Gasteiger charge is -2.29. The van der Waals surface area contributed by atoms with Gasteiger partial charge >= 0.3 is 0 Å². The Balaban J connectivity index is 0. The van der Waals surface area contributed by atoms with Crippen LogP contribution < -0.4 is 22.3 Å². The first kappa shape index (κ1) is 23.9. The van der Waals surface area contributed by atoms with E-state index in [1.54, 1.807) is 0 Å². The second-order valence-electron chi connectivity index (χ2n) is 6.68. The molecule has 0 aromatic rings. The predicted molar refractivity (Wildman–Crippen MR) is 92.3 cm³/mol. The zero-order valence-corrected chi connectivity index (χ0v) is 16.6. The molecule has 4 heteroatoms. The van der Waals surface area contributed by atoms with Crippen molar-refractivity contribution in [3.05, 3.63) is 12.7 Å². The zero-order chi connectivity index (χ0) is 16.0. The molecule has 0 aliphatic heterocycles. The topological polar surface area (TPSA) is 29.1 Å². The predicted octanol–water partition coefficient (Wildman–Crippen LogP) is 0.900. The largest absolute Gasteiger partial charge is 1.00 e. The van der Waals surface area contributed by atoms with E-state index in [0.717, 1.165) is 30.4 Å². The van der Waals surface area contributed by atoms with Gasteiger partial charge in [-0.2, -0.15) is 0 Å². The first-order valence-electron chi connectivity index (χ1n) is 8.71. The van der Waals surface area contributed by atoms with E-state index in [-0.39, 0.29) is 22.9 Å². The summed E-state index contributed by atoms with van der Waals surface area (Å²) < 4.78 is 0.988. The maximum absolute atomic E-state index is 11.7. The fourth-order valence-corrected chi connectivity index (χ4v) is 2.58. The van der Waals surface area contributed by atoms with E-state index in [1.807, 2.05) is 6.08 Å². The van der Waals surface area contributed by atoms with Gasteiger partial charge in [-0.3, -0.25) is 4.79 Å². The van der Waals surface area contributed by atoms with Gasteiger partial charge in [-0.05, 0) is 25.7 Å². The third-order valence-corrected chi connectivity index (χ3v) is 3.93. The quantitative estimate of drug-likeness (QED) is 0.272. The van der Waals surface area contributed by atoms with Gasteiger partial charge in [-0.25, -0.2) is 0 Å². The van der Waals surface area contributed by atoms with Crippen molar-refractivity contribution in [2.75, 3.05) is 33.7 Å². The van der Waals surface area contributed by atoms with Crippen molar-refractivity contribution in [3.8, 4) is 0 Å². The maximum atomic E-state index is 11.7. The highest BCUT2D eigenvalue weighted by Gasteiger charge is 2.13. The average molecular weight is 377 g/mol. The standard InChI is InChI=1S/C18H36N2O.BrH/c1-5-7-8-9-10-11-12-13-14-18(21)19-15-17-20(3,4)16-6-2;/h5H,1,6-17H2,2-4H3;1H. The van der Waals surface area contributed by atoms with Crippen molar-refractivity contribution >= 4 is 5.91 Å². The summed E-state index contributed by atoms with van der Waals surface area (Å²) in [7, 11) is 4.45. The average Bonchev–Trinajstić information content (AvgIpc) is 2.41. The number of allylic oxidation sites excluding steroid dienone is 1. The third-order valence-electron chi connectivity index (χ3n) is 3.93. The SMILES string of the molecule is C=CCCCCCCCCC(=O)NCC[N+](C)(C)CCC.[Br-]. The number of nitrogens with zero attached hydrogens (tertiary/aromatic N) is 1. The molecular formula is C18H37BrN2O. The molecule has 0 aliphatic rings.